The fourth-order valence-electron chi connectivity index (χ4n) is 1.23. The molecule has 0 aliphatic rings. The average Bonchev–Trinajstić information content (AvgIpc) is 2.13. The molecule has 0 aliphatic heterocycles. The lowest BCUT2D eigenvalue weighted by atomic mass is 10.2. The molecule has 0 bridgehead atoms. The van der Waals surface area contributed by atoms with Crippen LogP contribution in [0.2, 0.25) is 0 Å². The lowest BCUT2D eigenvalue weighted by Crippen LogP contribution is -2.14. The molecule has 0 radical (unpaired) electrons. The second-order valence-electron chi connectivity index (χ2n) is 3.43. The molecular formula is C11H16BrNO2. The van der Waals surface area contributed by atoms with Crippen LogP contribution in [0.15, 0.2) is 22.7 Å². The van der Waals surface area contributed by atoms with Crippen LogP contribution in [0.3, 0.4) is 0 Å². The van der Waals surface area contributed by atoms with Crippen molar-refractivity contribution in [2.24, 2.45) is 0 Å². The molecule has 0 saturated heterocycles. The Morgan fingerprint density at radius 3 is 2.73 bits per heavy atom. The van der Waals surface area contributed by atoms with Crippen LogP contribution in [0.4, 0.5) is 5.69 Å². The number of halogens is 1. The molecule has 2 N–H and O–H groups in total. The monoisotopic (exact) mass is 273 g/mol. The first kappa shape index (κ1) is 12.3. The van der Waals surface area contributed by atoms with E-state index in [1.54, 1.807) is 7.11 Å². The predicted octanol–water partition coefficient (Wildman–Crippen LogP) is 2.84. The number of methoxy groups -OCH3 is 1. The van der Waals surface area contributed by atoms with E-state index in [1.165, 1.54) is 0 Å². The third-order valence-electron chi connectivity index (χ3n) is 1.96. The van der Waals surface area contributed by atoms with E-state index in [1.807, 2.05) is 25.1 Å². The Bertz CT molecular complexity index is 297. The van der Waals surface area contributed by atoms with Gasteiger partial charge in [0.2, 0.25) is 0 Å². The van der Waals surface area contributed by atoms with Crippen molar-refractivity contribution in [3.63, 3.8) is 0 Å². The molecule has 0 aromatic heterocycles. The van der Waals surface area contributed by atoms with Gasteiger partial charge in [-0.25, -0.2) is 0 Å². The van der Waals surface area contributed by atoms with E-state index in [4.69, 9.17) is 15.2 Å². The number of ether oxygens (including phenoxy) is 2. The summed E-state index contributed by atoms with van der Waals surface area (Å²) in [6.07, 6.45) is 0.988. The number of benzene rings is 1. The molecule has 1 unspecified atom stereocenters. The summed E-state index contributed by atoms with van der Waals surface area (Å²) in [4.78, 5) is 0. The van der Waals surface area contributed by atoms with Gasteiger partial charge in [-0.05, 0) is 19.1 Å². The summed E-state index contributed by atoms with van der Waals surface area (Å²) >= 11 is 3.37. The van der Waals surface area contributed by atoms with Gasteiger partial charge < -0.3 is 15.2 Å². The Morgan fingerprint density at radius 2 is 2.13 bits per heavy atom. The Balaban J connectivity index is 2.56. The van der Waals surface area contributed by atoms with E-state index >= 15 is 0 Å². The Kier molecular flexibility index (Phi) is 4.91. The molecule has 1 rings (SSSR count). The van der Waals surface area contributed by atoms with Crippen LogP contribution < -0.4 is 10.5 Å². The molecule has 0 saturated carbocycles. The average molecular weight is 274 g/mol. The molecule has 3 nitrogen and oxygen atoms in total. The number of hydrogen-bond acceptors (Lipinski definition) is 3. The van der Waals surface area contributed by atoms with Crippen molar-refractivity contribution in [2.45, 2.75) is 19.4 Å². The highest BCUT2D eigenvalue weighted by Crippen LogP contribution is 2.23. The van der Waals surface area contributed by atoms with Crippen LogP contribution >= 0.6 is 15.9 Å². The maximum atomic E-state index is 5.70. The van der Waals surface area contributed by atoms with Crippen molar-refractivity contribution >= 4 is 21.6 Å². The fourth-order valence-corrected chi connectivity index (χ4v) is 1.72. The minimum atomic E-state index is 0.124. The molecule has 1 aromatic carbocycles. The minimum Gasteiger partial charge on any atom is -0.491 e. The van der Waals surface area contributed by atoms with E-state index in [0.717, 1.165) is 16.6 Å². The predicted molar refractivity (Wildman–Crippen MR) is 65.1 cm³/mol. The Hall–Kier alpha value is -0.740. The van der Waals surface area contributed by atoms with Crippen molar-refractivity contribution in [2.75, 3.05) is 19.5 Å². The second-order valence-corrected chi connectivity index (χ2v) is 4.35. The molecule has 1 atom stereocenters. The number of nitrogens with two attached hydrogens (primary N) is 1. The van der Waals surface area contributed by atoms with E-state index in [2.05, 4.69) is 15.9 Å². The van der Waals surface area contributed by atoms with Gasteiger partial charge >= 0.3 is 0 Å². The minimum absolute atomic E-state index is 0.124. The molecule has 0 aliphatic carbocycles. The van der Waals surface area contributed by atoms with Crippen LogP contribution in [-0.2, 0) is 4.74 Å². The van der Waals surface area contributed by atoms with Crippen LogP contribution in [-0.4, -0.2) is 19.8 Å². The van der Waals surface area contributed by atoms with E-state index in [-0.39, 0.29) is 6.10 Å². The maximum absolute atomic E-state index is 5.70. The van der Waals surface area contributed by atoms with Crippen LogP contribution in [0.25, 0.3) is 0 Å². The molecule has 0 amide bonds. The van der Waals surface area contributed by atoms with Gasteiger partial charge in [0.1, 0.15) is 5.75 Å². The van der Waals surface area contributed by atoms with Gasteiger partial charge in [0.05, 0.1) is 6.10 Å². The lowest BCUT2D eigenvalue weighted by molar-refractivity contribution is 0.135. The molecule has 0 spiro atoms. The largest absolute Gasteiger partial charge is 0.491 e. The van der Waals surface area contributed by atoms with Crippen molar-refractivity contribution in [1.29, 1.82) is 0 Å². The third kappa shape index (κ3) is 4.53. The molecule has 0 fully saturated rings. The maximum Gasteiger partial charge on any atom is 0.122 e. The van der Waals surface area contributed by atoms with Crippen LogP contribution in [0.1, 0.15) is 13.3 Å². The standard InChI is InChI=1S/C11H16BrNO2/c1-8(3-4-14-2)15-11-6-9(12)5-10(13)7-11/h5-8H,3-4,13H2,1-2H3. The van der Waals surface area contributed by atoms with Crippen LogP contribution in [0, 0.1) is 0 Å². The van der Waals surface area contributed by atoms with Crippen molar-refractivity contribution < 1.29 is 9.47 Å². The Morgan fingerprint density at radius 1 is 1.40 bits per heavy atom. The van der Waals surface area contributed by atoms with Crippen molar-refractivity contribution in [1.82, 2.24) is 0 Å². The molecule has 0 heterocycles. The normalized spacial score (nSPS) is 12.5. The van der Waals surface area contributed by atoms with E-state index in [0.29, 0.717) is 12.3 Å². The zero-order valence-electron chi connectivity index (χ0n) is 9.00. The van der Waals surface area contributed by atoms with Gasteiger partial charge in [-0.2, -0.15) is 0 Å². The smallest absolute Gasteiger partial charge is 0.122 e. The number of anilines is 1. The quantitative estimate of drug-likeness (QED) is 0.840. The summed E-state index contributed by atoms with van der Waals surface area (Å²) in [6, 6.07) is 5.56. The summed E-state index contributed by atoms with van der Waals surface area (Å²) in [6.45, 7) is 2.71. The topological polar surface area (TPSA) is 44.5 Å². The highest BCUT2D eigenvalue weighted by Gasteiger charge is 2.04. The highest BCUT2D eigenvalue weighted by molar-refractivity contribution is 9.10. The van der Waals surface area contributed by atoms with E-state index in [9.17, 15) is 0 Å². The summed E-state index contributed by atoms with van der Waals surface area (Å²) in [7, 11) is 1.68. The van der Waals surface area contributed by atoms with Gasteiger partial charge in [-0.3, -0.25) is 0 Å². The SMILES string of the molecule is COCCC(C)Oc1cc(N)cc(Br)c1. The number of hydrogen-bond donors (Lipinski definition) is 1. The van der Waals surface area contributed by atoms with Gasteiger partial charge in [-0.15, -0.1) is 0 Å². The summed E-state index contributed by atoms with van der Waals surface area (Å²) in [5, 5.41) is 0. The van der Waals surface area contributed by atoms with Gasteiger partial charge in [0.15, 0.2) is 0 Å². The fraction of sp³-hybridized carbons (Fsp3) is 0.455. The number of rotatable bonds is 5. The Labute approximate surface area is 98.7 Å². The third-order valence-corrected chi connectivity index (χ3v) is 2.42. The highest BCUT2D eigenvalue weighted by atomic mass is 79.9. The zero-order chi connectivity index (χ0) is 11.3. The molecule has 84 valence electrons. The first-order chi connectivity index (χ1) is 7.11. The van der Waals surface area contributed by atoms with Gasteiger partial charge in [0, 0.05) is 36.4 Å². The molecular weight excluding hydrogens is 258 g/mol. The van der Waals surface area contributed by atoms with Crippen molar-refractivity contribution in [3.05, 3.63) is 22.7 Å². The second kappa shape index (κ2) is 5.98. The molecule has 4 heteroatoms. The lowest BCUT2D eigenvalue weighted by Gasteiger charge is -2.14. The molecule has 15 heavy (non-hydrogen) atoms. The van der Waals surface area contributed by atoms with E-state index < -0.39 is 0 Å². The summed E-state index contributed by atoms with van der Waals surface area (Å²) in [5.74, 6) is 0.783. The summed E-state index contributed by atoms with van der Waals surface area (Å²) in [5.41, 5.74) is 6.39. The zero-order valence-corrected chi connectivity index (χ0v) is 10.6. The van der Waals surface area contributed by atoms with Crippen LogP contribution in [0.5, 0.6) is 5.75 Å². The van der Waals surface area contributed by atoms with Gasteiger partial charge in [-0.1, -0.05) is 15.9 Å². The molecule has 1 aromatic rings. The first-order valence-electron chi connectivity index (χ1n) is 4.83. The summed E-state index contributed by atoms with van der Waals surface area (Å²) < 4.78 is 11.6. The van der Waals surface area contributed by atoms with Crippen molar-refractivity contribution in [3.8, 4) is 5.75 Å². The van der Waals surface area contributed by atoms with Gasteiger partial charge in [0.25, 0.3) is 0 Å². The number of nitrogen functional groups attached to an aromatic ring is 1. The first-order valence-corrected chi connectivity index (χ1v) is 5.63.